The van der Waals surface area contributed by atoms with Crippen LogP contribution >= 0.6 is 0 Å². The van der Waals surface area contributed by atoms with Gasteiger partial charge in [0.05, 0.1) is 61.7 Å². The number of nitrogens with one attached hydrogen (secondary N) is 2. The Morgan fingerprint density at radius 2 is 1.14 bits per heavy atom. The molecule has 0 aliphatic heterocycles. The first-order chi connectivity index (χ1) is 27.6. The fourth-order valence-electron chi connectivity index (χ4n) is 4.85. The number of ether oxygens (including phenoxy) is 3. The van der Waals surface area contributed by atoms with E-state index in [0.717, 1.165) is 0 Å². The maximum Gasteiger partial charge on any atom is 0.264 e. The van der Waals surface area contributed by atoms with E-state index in [1.165, 1.54) is 17.2 Å². The van der Waals surface area contributed by atoms with Gasteiger partial charge in [-0.2, -0.15) is 40.5 Å². The van der Waals surface area contributed by atoms with Crippen LogP contribution in [-0.4, -0.2) is 119 Å². The van der Waals surface area contributed by atoms with Gasteiger partial charge in [-0.15, -0.1) is 0 Å². The highest BCUT2D eigenvalue weighted by molar-refractivity contribution is 7.86. The normalized spacial score (nSPS) is 12.4. The van der Waals surface area contributed by atoms with Gasteiger partial charge in [0.1, 0.15) is 0 Å². The molecule has 3 aromatic rings. The molecule has 0 aliphatic carbocycles. The van der Waals surface area contributed by atoms with Crippen LogP contribution in [0, 0.1) is 0 Å². The van der Waals surface area contributed by atoms with Crippen molar-refractivity contribution < 1.29 is 67.5 Å². The Morgan fingerprint density at radius 3 is 1.63 bits per heavy atom. The molecule has 0 aromatic heterocycles. The predicted octanol–water partition coefficient (Wildman–Crippen LogP) is 4.22. The number of carbonyl (C=O) groups is 2. The van der Waals surface area contributed by atoms with Crippen LogP contribution < -0.4 is 24.8 Å². The number of hydrogen-bond donors (Lipinski definition) is 5. The van der Waals surface area contributed by atoms with E-state index in [1.54, 1.807) is 31.3 Å². The van der Waals surface area contributed by atoms with Gasteiger partial charge in [-0.05, 0) is 88.1 Å². The Bertz CT molecular complexity index is 2140. The molecule has 3 rings (SSSR count). The van der Waals surface area contributed by atoms with Crippen molar-refractivity contribution in [3.63, 3.8) is 0 Å². The van der Waals surface area contributed by atoms with Gasteiger partial charge in [-0.3, -0.25) is 28.1 Å². The van der Waals surface area contributed by atoms with Crippen LogP contribution in [0.5, 0.6) is 17.2 Å². The van der Waals surface area contributed by atoms with Crippen molar-refractivity contribution in [3.05, 3.63) is 77.9 Å². The third-order valence-corrected chi connectivity index (χ3v) is 10.2. The standard InChI is InChI=1S/C36H49N5O15S3/c1-36(2,38-35(43)27-12-14-30(15-13-27)40-39-29-10-5-4-6-11-29)16-20-56-41(3)26-37-34(42)28-24-31(53-17-7-21-57(44,45)46)33(55-19-9-23-59(50,51)52)32(25-28)54-18-8-22-58(47,48)49/h4-6,10-15,24-25H,7-9,16-23,26H2,1-3H3,(H,37,42)(H,38,43)(H,44,45,46)(H,47,48,49)(H,50,51,52). The average Bonchev–Trinajstić information content (AvgIpc) is 3.14. The molecular formula is C36H49N5O15S3. The lowest BCUT2D eigenvalue weighted by Crippen LogP contribution is -2.45. The van der Waals surface area contributed by atoms with Gasteiger partial charge in [0, 0.05) is 23.7 Å². The molecule has 3 aromatic carbocycles. The molecule has 0 atom stereocenters. The molecule has 23 heteroatoms. The summed E-state index contributed by atoms with van der Waals surface area (Å²) in [5.74, 6) is -3.39. The first-order valence-electron chi connectivity index (χ1n) is 18.0. The number of hydroxylamine groups is 2. The van der Waals surface area contributed by atoms with Crippen molar-refractivity contribution in [1.82, 2.24) is 15.7 Å². The van der Waals surface area contributed by atoms with E-state index in [4.69, 9.17) is 32.7 Å². The first kappa shape index (κ1) is 48.6. The summed E-state index contributed by atoms with van der Waals surface area (Å²) in [5.41, 5.74) is 0.944. The number of rotatable bonds is 26. The molecule has 0 radical (unpaired) electrons. The Labute approximate surface area is 343 Å². The summed E-state index contributed by atoms with van der Waals surface area (Å²) in [4.78, 5) is 32.1. The van der Waals surface area contributed by atoms with Crippen LogP contribution in [0.15, 0.2) is 77.0 Å². The molecule has 5 N–H and O–H groups in total. The third kappa shape index (κ3) is 20.2. The fourth-order valence-corrected chi connectivity index (χ4v) is 6.29. The lowest BCUT2D eigenvalue weighted by Gasteiger charge is -2.27. The van der Waals surface area contributed by atoms with Gasteiger partial charge >= 0.3 is 0 Å². The summed E-state index contributed by atoms with van der Waals surface area (Å²) < 4.78 is 112. The van der Waals surface area contributed by atoms with E-state index in [9.17, 15) is 34.8 Å². The molecule has 20 nitrogen and oxygen atoms in total. The maximum atomic E-state index is 13.3. The number of benzene rings is 3. The number of nitrogens with zero attached hydrogens (tertiary/aromatic N) is 3. The van der Waals surface area contributed by atoms with E-state index >= 15 is 0 Å². The smallest absolute Gasteiger partial charge is 0.264 e. The summed E-state index contributed by atoms with van der Waals surface area (Å²) in [6.45, 7) is 2.77. The highest BCUT2D eigenvalue weighted by Gasteiger charge is 2.23. The Balaban J connectivity index is 1.63. The maximum absolute atomic E-state index is 13.3. The quantitative estimate of drug-likeness (QED) is 0.0248. The van der Waals surface area contributed by atoms with Crippen LogP contribution in [0.3, 0.4) is 0 Å². The van der Waals surface area contributed by atoms with Crippen LogP contribution in [0.25, 0.3) is 0 Å². The zero-order valence-electron chi connectivity index (χ0n) is 32.6. The molecular weight excluding hydrogens is 839 g/mol. The van der Waals surface area contributed by atoms with Gasteiger partial charge in [0.15, 0.2) is 11.5 Å². The average molecular weight is 888 g/mol. The van der Waals surface area contributed by atoms with Gasteiger partial charge in [0.2, 0.25) is 5.75 Å². The number of amides is 2. The molecule has 0 saturated heterocycles. The monoisotopic (exact) mass is 887 g/mol. The molecule has 0 spiro atoms. The predicted molar refractivity (Wildman–Crippen MR) is 215 cm³/mol. The van der Waals surface area contributed by atoms with Crippen LogP contribution in [0.1, 0.15) is 60.2 Å². The van der Waals surface area contributed by atoms with Crippen molar-refractivity contribution in [2.45, 2.75) is 45.1 Å². The van der Waals surface area contributed by atoms with Crippen molar-refractivity contribution in [3.8, 4) is 17.2 Å². The Hall–Kier alpha value is -4.75. The minimum absolute atomic E-state index is 0.0608. The second-order valence-corrected chi connectivity index (χ2v) is 18.3. The second-order valence-electron chi connectivity index (χ2n) is 13.6. The van der Waals surface area contributed by atoms with Gasteiger partial charge < -0.3 is 24.8 Å². The van der Waals surface area contributed by atoms with Crippen molar-refractivity contribution in [2.75, 3.05) is 57.4 Å². The molecule has 326 valence electrons. The van der Waals surface area contributed by atoms with Gasteiger partial charge in [0.25, 0.3) is 42.2 Å². The van der Waals surface area contributed by atoms with Gasteiger partial charge in [-0.1, -0.05) is 18.2 Å². The second kappa shape index (κ2) is 22.6. The summed E-state index contributed by atoms with van der Waals surface area (Å²) >= 11 is 0. The molecule has 0 aliphatic rings. The molecule has 0 unspecified atom stereocenters. The minimum atomic E-state index is -4.33. The highest BCUT2D eigenvalue weighted by Crippen LogP contribution is 2.39. The first-order valence-corrected chi connectivity index (χ1v) is 22.9. The fraction of sp³-hybridized carbons (Fsp3) is 0.444. The molecule has 0 fully saturated rings. The van der Waals surface area contributed by atoms with E-state index < -0.39 is 59.1 Å². The van der Waals surface area contributed by atoms with E-state index in [2.05, 4.69) is 20.9 Å². The number of hydrogen-bond acceptors (Lipinski definition) is 15. The van der Waals surface area contributed by atoms with Crippen LogP contribution in [0.2, 0.25) is 0 Å². The highest BCUT2D eigenvalue weighted by atomic mass is 32.2. The summed E-state index contributed by atoms with van der Waals surface area (Å²) in [6, 6.07) is 18.3. The lowest BCUT2D eigenvalue weighted by atomic mass is 10.0. The van der Waals surface area contributed by atoms with Crippen molar-refractivity contribution in [2.24, 2.45) is 10.2 Å². The summed E-state index contributed by atoms with van der Waals surface area (Å²) in [5, 5.41) is 15.3. The number of azo groups is 1. The zero-order chi connectivity index (χ0) is 43.7. The molecule has 59 heavy (non-hydrogen) atoms. The van der Waals surface area contributed by atoms with Crippen molar-refractivity contribution in [1.29, 1.82) is 0 Å². The van der Waals surface area contributed by atoms with Crippen LogP contribution in [-0.2, 0) is 35.2 Å². The van der Waals surface area contributed by atoms with E-state index in [0.29, 0.717) is 23.4 Å². The zero-order valence-corrected chi connectivity index (χ0v) is 35.1. The summed E-state index contributed by atoms with van der Waals surface area (Å²) in [7, 11) is -11.4. The number of carbonyl (C=O) groups excluding carboxylic acids is 2. The SMILES string of the molecule is CN(CNC(=O)c1cc(OCCCS(=O)(=O)O)c(OCCCS(=O)(=O)O)c(OCCCS(=O)(=O)O)c1)OCCC(C)(C)NC(=O)c1ccc(N=Nc2ccccc2)cc1. The Kier molecular flexibility index (Phi) is 18.6. The van der Waals surface area contributed by atoms with Crippen molar-refractivity contribution >= 4 is 53.5 Å². The topological polar surface area (TPSA) is 286 Å². The molecule has 0 bridgehead atoms. The molecule has 2 amide bonds. The molecule has 0 saturated carbocycles. The lowest BCUT2D eigenvalue weighted by molar-refractivity contribution is -0.146. The minimum Gasteiger partial charge on any atom is -0.489 e. The third-order valence-electron chi connectivity index (χ3n) is 7.80. The van der Waals surface area contributed by atoms with Crippen LogP contribution in [0.4, 0.5) is 11.4 Å². The summed E-state index contributed by atoms with van der Waals surface area (Å²) in [6.07, 6.45) is -0.163. The van der Waals surface area contributed by atoms with E-state index in [1.807, 2.05) is 44.2 Å². The Morgan fingerprint density at radius 1 is 0.661 bits per heavy atom. The van der Waals surface area contributed by atoms with Gasteiger partial charge in [-0.25, -0.2) is 0 Å². The van der Waals surface area contributed by atoms with E-state index in [-0.39, 0.29) is 81.1 Å². The largest absolute Gasteiger partial charge is 0.489 e. The molecule has 0 heterocycles.